The molecule has 0 radical (unpaired) electrons. The van der Waals surface area contributed by atoms with Crippen molar-refractivity contribution in [3.05, 3.63) is 83.7 Å². The van der Waals surface area contributed by atoms with Gasteiger partial charge in [-0.1, -0.05) is 26.0 Å². The van der Waals surface area contributed by atoms with E-state index in [9.17, 15) is 14.0 Å². The fourth-order valence-corrected chi connectivity index (χ4v) is 5.36. The van der Waals surface area contributed by atoms with E-state index in [-0.39, 0.29) is 29.4 Å². The molecule has 232 valence electrons. The number of anilines is 1. The maximum absolute atomic E-state index is 13.8. The van der Waals surface area contributed by atoms with Gasteiger partial charge >= 0.3 is 0 Å². The second kappa shape index (κ2) is 12.9. The summed E-state index contributed by atoms with van der Waals surface area (Å²) in [5.74, 6) is 0.709. The van der Waals surface area contributed by atoms with Gasteiger partial charge in [-0.05, 0) is 65.6 Å². The van der Waals surface area contributed by atoms with Gasteiger partial charge in [0.25, 0.3) is 5.91 Å². The number of benzene rings is 2. The van der Waals surface area contributed by atoms with Crippen molar-refractivity contribution in [2.75, 3.05) is 31.5 Å². The molecule has 1 fully saturated rings. The molecule has 2 aromatic carbocycles. The molecule has 1 aliphatic heterocycles. The number of nitrogens with zero attached hydrogens (tertiary/aromatic N) is 8. The number of carbonyl (C=O) groups is 2. The van der Waals surface area contributed by atoms with Crippen molar-refractivity contribution in [3.63, 3.8) is 0 Å². The lowest BCUT2D eigenvalue weighted by molar-refractivity contribution is -0.114. The number of aryl methyl sites for hydroxylation is 1. The Morgan fingerprint density at radius 3 is 2.53 bits per heavy atom. The Morgan fingerprint density at radius 1 is 1.02 bits per heavy atom. The van der Waals surface area contributed by atoms with Gasteiger partial charge in [0.05, 0.1) is 12.6 Å². The number of aromatic nitrogens is 6. The number of tetrazole rings is 1. The lowest BCUT2D eigenvalue weighted by Gasteiger charge is -2.38. The van der Waals surface area contributed by atoms with Gasteiger partial charge in [0.2, 0.25) is 11.8 Å². The van der Waals surface area contributed by atoms with Crippen LogP contribution >= 0.6 is 0 Å². The minimum Gasteiger partial charge on any atom is -0.436 e. The molecule has 0 unspecified atom stereocenters. The second-order valence-corrected chi connectivity index (χ2v) is 11.5. The van der Waals surface area contributed by atoms with Crippen molar-refractivity contribution in [2.45, 2.75) is 39.8 Å². The average molecular weight is 612 g/mol. The first-order valence-corrected chi connectivity index (χ1v) is 14.9. The molecule has 0 saturated carbocycles. The van der Waals surface area contributed by atoms with Crippen LogP contribution in [0.2, 0.25) is 0 Å². The summed E-state index contributed by atoms with van der Waals surface area (Å²) >= 11 is 0. The molecule has 0 aliphatic carbocycles. The molecule has 45 heavy (non-hydrogen) atoms. The highest BCUT2D eigenvalue weighted by Crippen LogP contribution is 2.29. The SMILES string of the molecule is CC(=O)Nc1ccc2oc(-c3ccnc(C(=O)N4CCN([C@@H](c5ccc(F)cc5)c5nnn(CCC(C)C)n5)CC4)c3)nc2c1. The number of hydrogen-bond donors (Lipinski definition) is 1. The van der Waals surface area contributed by atoms with Crippen LogP contribution in [0.1, 0.15) is 55.1 Å². The summed E-state index contributed by atoms with van der Waals surface area (Å²) in [6.45, 7) is 8.41. The van der Waals surface area contributed by atoms with Crippen LogP contribution in [0.4, 0.5) is 10.1 Å². The molecular formula is C32H34FN9O3. The number of fused-ring (bicyclic) bond motifs is 1. The van der Waals surface area contributed by atoms with Gasteiger partial charge in [0.15, 0.2) is 11.4 Å². The van der Waals surface area contributed by atoms with Crippen molar-refractivity contribution >= 4 is 28.6 Å². The Bertz CT molecular complexity index is 1810. The molecule has 1 N–H and O–H groups in total. The van der Waals surface area contributed by atoms with E-state index in [1.165, 1.54) is 19.1 Å². The number of nitrogens with one attached hydrogen (secondary N) is 1. The molecule has 1 aliphatic rings. The highest BCUT2D eigenvalue weighted by Gasteiger charge is 2.32. The molecule has 2 amide bonds. The van der Waals surface area contributed by atoms with Gasteiger partial charge < -0.3 is 14.6 Å². The summed E-state index contributed by atoms with van der Waals surface area (Å²) < 4.78 is 19.7. The average Bonchev–Trinajstić information content (AvgIpc) is 3.68. The lowest BCUT2D eigenvalue weighted by Crippen LogP contribution is -2.50. The van der Waals surface area contributed by atoms with Crippen LogP contribution in [0.25, 0.3) is 22.6 Å². The molecule has 3 aromatic heterocycles. The number of pyridine rings is 1. The Kier molecular flexibility index (Phi) is 8.60. The maximum atomic E-state index is 13.8. The van der Waals surface area contributed by atoms with Gasteiger partial charge in [0, 0.05) is 50.6 Å². The van der Waals surface area contributed by atoms with Crippen molar-refractivity contribution in [3.8, 4) is 11.5 Å². The zero-order valence-electron chi connectivity index (χ0n) is 25.4. The topological polar surface area (TPSA) is 135 Å². The molecule has 0 bridgehead atoms. The van der Waals surface area contributed by atoms with E-state index in [4.69, 9.17) is 4.42 Å². The standard InChI is InChI=1S/C32H34FN9O3/c1-20(2)11-13-42-38-30(37-39-42)29(22-4-6-24(33)7-5-22)40-14-16-41(17-15-40)32(44)27-18-23(10-12-34-27)31-36-26-19-25(35-21(3)43)8-9-28(26)45-31/h4-10,12,18-20,29H,11,13-17H2,1-3H3,(H,35,43)/t29-/m0/s1. The maximum Gasteiger partial charge on any atom is 0.272 e. The largest absolute Gasteiger partial charge is 0.436 e. The Balaban J connectivity index is 1.17. The van der Waals surface area contributed by atoms with Crippen molar-refractivity contribution in [1.29, 1.82) is 0 Å². The van der Waals surface area contributed by atoms with E-state index < -0.39 is 0 Å². The summed E-state index contributed by atoms with van der Waals surface area (Å²) in [7, 11) is 0. The number of carbonyl (C=O) groups excluding carboxylic acids is 2. The normalized spacial score (nSPS) is 14.6. The minimum atomic E-state index is -0.331. The molecular weight excluding hydrogens is 577 g/mol. The number of hydrogen-bond acceptors (Lipinski definition) is 9. The highest BCUT2D eigenvalue weighted by molar-refractivity contribution is 5.94. The van der Waals surface area contributed by atoms with E-state index in [2.05, 4.69) is 49.4 Å². The molecule has 0 spiro atoms. The van der Waals surface area contributed by atoms with Crippen LogP contribution in [0, 0.1) is 11.7 Å². The van der Waals surface area contributed by atoms with Crippen molar-refractivity contribution in [1.82, 2.24) is 40.0 Å². The predicted molar refractivity (Wildman–Crippen MR) is 165 cm³/mol. The highest BCUT2D eigenvalue weighted by atomic mass is 19.1. The molecule has 4 heterocycles. The van der Waals surface area contributed by atoms with Gasteiger partial charge in [-0.15, -0.1) is 10.2 Å². The van der Waals surface area contributed by atoms with E-state index >= 15 is 0 Å². The van der Waals surface area contributed by atoms with Gasteiger partial charge in [-0.25, -0.2) is 9.37 Å². The zero-order valence-corrected chi connectivity index (χ0v) is 25.4. The third-order valence-electron chi connectivity index (χ3n) is 7.71. The Labute approximate surface area is 259 Å². The third kappa shape index (κ3) is 6.88. The molecule has 5 aromatic rings. The summed E-state index contributed by atoms with van der Waals surface area (Å²) in [5.41, 5.74) is 3.52. The Morgan fingerprint density at radius 2 is 1.80 bits per heavy atom. The molecule has 13 heteroatoms. The van der Waals surface area contributed by atoms with E-state index in [0.717, 1.165) is 12.0 Å². The quantitative estimate of drug-likeness (QED) is 0.254. The first-order chi connectivity index (χ1) is 21.7. The number of piperazine rings is 1. The zero-order chi connectivity index (χ0) is 31.5. The third-order valence-corrected chi connectivity index (χ3v) is 7.71. The van der Waals surface area contributed by atoms with Crippen LogP contribution in [0.15, 0.2) is 65.2 Å². The lowest BCUT2D eigenvalue weighted by atomic mass is 10.0. The summed E-state index contributed by atoms with van der Waals surface area (Å²) in [4.78, 5) is 39.5. The number of halogens is 1. The van der Waals surface area contributed by atoms with Crippen LogP contribution in [0.3, 0.4) is 0 Å². The van der Waals surface area contributed by atoms with Crippen LogP contribution in [0.5, 0.6) is 0 Å². The molecule has 6 rings (SSSR count). The van der Waals surface area contributed by atoms with Crippen molar-refractivity contribution < 1.29 is 18.4 Å². The van der Waals surface area contributed by atoms with E-state index in [1.54, 1.807) is 58.4 Å². The first-order valence-electron chi connectivity index (χ1n) is 14.9. The number of rotatable bonds is 9. The van der Waals surface area contributed by atoms with Crippen LogP contribution in [-0.2, 0) is 11.3 Å². The Hall–Kier alpha value is -5.04. The van der Waals surface area contributed by atoms with Gasteiger partial charge in [0.1, 0.15) is 17.0 Å². The number of oxazole rings is 1. The second-order valence-electron chi connectivity index (χ2n) is 11.5. The summed E-state index contributed by atoms with van der Waals surface area (Å²) in [5, 5.41) is 16.0. The fraction of sp³-hybridized carbons (Fsp3) is 0.344. The first kappa shape index (κ1) is 30.0. The van der Waals surface area contributed by atoms with Crippen LogP contribution < -0.4 is 5.32 Å². The van der Waals surface area contributed by atoms with Gasteiger partial charge in [-0.3, -0.25) is 19.5 Å². The predicted octanol–water partition coefficient (Wildman–Crippen LogP) is 4.57. The van der Waals surface area contributed by atoms with Gasteiger partial charge in [-0.2, -0.15) is 4.80 Å². The molecule has 12 nitrogen and oxygen atoms in total. The van der Waals surface area contributed by atoms with Crippen molar-refractivity contribution in [2.24, 2.45) is 5.92 Å². The minimum absolute atomic E-state index is 0.177. The van der Waals surface area contributed by atoms with E-state index in [0.29, 0.717) is 72.7 Å². The summed E-state index contributed by atoms with van der Waals surface area (Å²) in [6, 6.07) is 14.7. The molecule has 1 saturated heterocycles. The monoisotopic (exact) mass is 611 g/mol. The van der Waals surface area contributed by atoms with Crippen LogP contribution in [-0.4, -0.2) is 78.0 Å². The number of amides is 2. The molecule has 1 atom stereocenters. The van der Waals surface area contributed by atoms with E-state index in [1.807, 2.05) is 0 Å². The fourth-order valence-electron chi connectivity index (χ4n) is 5.36. The summed E-state index contributed by atoms with van der Waals surface area (Å²) in [6.07, 6.45) is 2.49. The smallest absolute Gasteiger partial charge is 0.272 e.